The average Bonchev–Trinajstić information content (AvgIpc) is 2.54. The zero-order chi connectivity index (χ0) is 20.9. The number of hydrogen-bond donors (Lipinski definition) is 4. The monoisotopic (exact) mass is 403 g/mol. The molecular formula is C16H23F2N5O5. The van der Waals surface area contributed by atoms with Crippen LogP contribution in [0.4, 0.5) is 8.78 Å². The van der Waals surface area contributed by atoms with Crippen molar-refractivity contribution in [3.63, 3.8) is 0 Å². The van der Waals surface area contributed by atoms with Gasteiger partial charge in [-0.25, -0.2) is 4.99 Å². The largest absolute Gasteiger partial charge is 0.489 e. The van der Waals surface area contributed by atoms with Crippen molar-refractivity contribution < 1.29 is 32.8 Å². The van der Waals surface area contributed by atoms with Crippen LogP contribution < -0.4 is 31.4 Å². The van der Waals surface area contributed by atoms with Crippen molar-refractivity contribution in [2.75, 3.05) is 13.2 Å². The van der Waals surface area contributed by atoms with E-state index in [1.807, 2.05) is 0 Å². The minimum Gasteiger partial charge on any atom is -0.489 e. The van der Waals surface area contributed by atoms with Crippen LogP contribution in [0, 0.1) is 0 Å². The minimum atomic E-state index is -3.56. The molecule has 12 heteroatoms. The topological polar surface area (TPSA) is 160 Å². The van der Waals surface area contributed by atoms with Crippen LogP contribution in [-0.2, 0) is 4.74 Å². The van der Waals surface area contributed by atoms with Crippen molar-refractivity contribution in [3.8, 4) is 17.2 Å². The number of alkyl halides is 2. The number of aliphatic imine (C=N–C) groups is 2. The summed E-state index contributed by atoms with van der Waals surface area (Å²) < 4.78 is 47.3. The van der Waals surface area contributed by atoms with Gasteiger partial charge in [-0.05, 0) is 26.0 Å². The molecule has 0 aromatic heterocycles. The van der Waals surface area contributed by atoms with Gasteiger partial charge in [-0.3, -0.25) is 0 Å². The highest BCUT2D eigenvalue weighted by atomic mass is 19.2. The molecule has 0 radical (unpaired) electrons. The van der Waals surface area contributed by atoms with Gasteiger partial charge in [0.2, 0.25) is 11.7 Å². The molecule has 0 aliphatic carbocycles. The normalized spacial score (nSPS) is 21.9. The van der Waals surface area contributed by atoms with Gasteiger partial charge in [-0.1, -0.05) is 6.07 Å². The lowest BCUT2D eigenvalue weighted by Gasteiger charge is -2.30. The van der Waals surface area contributed by atoms with Crippen molar-refractivity contribution in [3.05, 3.63) is 18.2 Å². The van der Waals surface area contributed by atoms with Crippen LogP contribution in [0.5, 0.6) is 17.2 Å². The van der Waals surface area contributed by atoms with Crippen molar-refractivity contribution in [1.29, 1.82) is 0 Å². The molecule has 0 fully saturated rings. The van der Waals surface area contributed by atoms with Crippen LogP contribution in [0.15, 0.2) is 28.2 Å². The first-order valence-corrected chi connectivity index (χ1v) is 8.26. The summed E-state index contributed by atoms with van der Waals surface area (Å²) in [7, 11) is 0. The lowest BCUT2D eigenvalue weighted by atomic mass is 10.2. The van der Waals surface area contributed by atoms with Gasteiger partial charge in [0.05, 0.1) is 13.2 Å². The van der Waals surface area contributed by atoms with E-state index in [9.17, 15) is 8.78 Å². The Morgan fingerprint density at radius 2 is 2.04 bits per heavy atom. The molecular weight excluding hydrogens is 380 g/mol. The maximum atomic E-state index is 13.5. The van der Waals surface area contributed by atoms with Gasteiger partial charge in [-0.15, -0.1) is 0 Å². The molecule has 0 spiro atoms. The maximum absolute atomic E-state index is 13.5. The Kier molecular flexibility index (Phi) is 6.46. The van der Waals surface area contributed by atoms with Crippen LogP contribution in [0.25, 0.3) is 0 Å². The van der Waals surface area contributed by atoms with E-state index in [2.05, 4.69) is 14.7 Å². The Morgan fingerprint density at radius 3 is 2.71 bits per heavy atom. The van der Waals surface area contributed by atoms with E-state index in [0.29, 0.717) is 6.42 Å². The summed E-state index contributed by atoms with van der Waals surface area (Å²) in [6.45, 7) is 3.75. The first kappa shape index (κ1) is 21.4. The van der Waals surface area contributed by atoms with E-state index < -0.39 is 18.1 Å². The summed E-state index contributed by atoms with van der Waals surface area (Å²) in [5.74, 6) is -0.538. The second-order valence-electron chi connectivity index (χ2n) is 6.23. The number of benzene rings is 1. The lowest BCUT2D eigenvalue weighted by Crippen LogP contribution is -2.47. The van der Waals surface area contributed by atoms with E-state index in [4.69, 9.17) is 36.5 Å². The second kappa shape index (κ2) is 8.44. The Morgan fingerprint density at radius 1 is 1.32 bits per heavy atom. The van der Waals surface area contributed by atoms with E-state index in [-0.39, 0.29) is 42.4 Å². The average molecular weight is 403 g/mol. The maximum Gasteiger partial charge on any atom is 0.431 e. The van der Waals surface area contributed by atoms with Gasteiger partial charge in [0.15, 0.2) is 23.2 Å². The number of halogens is 2. The van der Waals surface area contributed by atoms with Crippen LogP contribution >= 0.6 is 0 Å². The quantitative estimate of drug-likeness (QED) is 0.290. The Balaban J connectivity index is 1.86. The fraction of sp³-hybridized carbons (Fsp3) is 0.500. The second-order valence-corrected chi connectivity index (χ2v) is 6.23. The van der Waals surface area contributed by atoms with Crippen LogP contribution in [0.1, 0.15) is 20.3 Å². The predicted molar refractivity (Wildman–Crippen MR) is 96.2 cm³/mol. The highest BCUT2D eigenvalue weighted by Crippen LogP contribution is 2.44. The molecule has 1 aliphatic heterocycles. The first-order chi connectivity index (χ1) is 13.0. The molecule has 1 aromatic carbocycles. The molecule has 28 heavy (non-hydrogen) atoms. The number of guanidine groups is 2. The number of ether oxygens (including phenoxy) is 4. The molecule has 1 aliphatic rings. The van der Waals surface area contributed by atoms with E-state index in [1.54, 1.807) is 13.8 Å². The molecule has 156 valence electrons. The number of aliphatic hydroxyl groups is 1. The third-order valence-electron chi connectivity index (χ3n) is 3.33. The zero-order valence-electron chi connectivity index (χ0n) is 15.4. The number of rotatable bonds is 7. The fourth-order valence-corrected chi connectivity index (χ4v) is 2.21. The standard InChI is InChI=1S/C16H23F2N5O5/c1-15(2,23-14(21)22-13(19)20)26-8-4-7-25-9-5-3-6-10-11(9)27-12(17)16(18,24)28-10/h3,5-6,12,24H,4,7-8H2,1-2H3,(H6,19,20,21,22,23). The SMILES string of the molecule is CC(C)(/N=C(\N)N=C(N)N)OCCCOc1cccc2c1OC(F)C(O)(F)O2. The summed E-state index contributed by atoms with van der Waals surface area (Å²) in [6, 6.07) is 0.713. The molecule has 0 bridgehead atoms. The third kappa shape index (κ3) is 5.82. The van der Waals surface area contributed by atoms with Crippen LogP contribution in [0.2, 0.25) is 0 Å². The number of nitrogens with zero attached hydrogens (tertiary/aromatic N) is 2. The van der Waals surface area contributed by atoms with Crippen molar-refractivity contribution in [1.82, 2.24) is 0 Å². The van der Waals surface area contributed by atoms with Crippen molar-refractivity contribution >= 4 is 11.9 Å². The number of hydrogen-bond acceptors (Lipinski definition) is 6. The fourth-order valence-electron chi connectivity index (χ4n) is 2.21. The first-order valence-electron chi connectivity index (χ1n) is 8.26. The summed E-state index contributed by atoms with van der Waals surface area (Å²) >= 11 is 0. The van der Waals surface area contributed by atoms with E-state index >= 15 is 0 Å². The van der Waals surface area contributed by atoms with Crippen LogP contribution in [0.3, 0.4) is 0 Å². The molecule has 2 unspecified atom stereocenters. The van der Waals surface area contributed by atoms with E-state index in [1.165, 1.54) is 18.2 Å². The molecule has 0 saturated heterocycles. The Hall–Kier alpha value is -2.86. The third-order valence-corrected chi connectivity index (χ3v) is 3.33. The van der Waals surface area contributed by atoms with Gasteiger partial charge >= 0.3 is 12.4 Å². The van der Waals surface area contributed by atoms with Gasteiger partial charge in [0, 0.05) is 6.42 Å². The number of fused-ring (bicyclic) bond motifs is 1. The molecule has 2 rings (SSSR count). The number of nitrogens with two attached hydrogens (primary N) is 3. The van der Waals surface area contributed by atoms with Crippen molar-refractivity contribution in [2.45, 2.75) is 38.4 Å². The molecule has 1 aromatic rings. The van der Waals surface area contributed by atoms with Gasteiger partial charge < -0.3 is 41.3 Å². The van der Waals surface area contributed by atoms with Crippen LogP contribution in [-0.4, -0.2) is 48.4 Å². The number of para-hydroxylation sites is 1. The predicted octanol–water partition coefficient (Wildman–Crippen LogP) is 0.479. The molecule has 1 heterocycles. The smallest absolute Gasteiger partial charge is 0.431 e. The highest BCUT2D eigenvalue weighted by Gasteiger charge is 2.48. The van der Waals surface area contributed by atoms with Gasteiger partial charge in [-0.2, -0.15) is 13.8 Å². The molecule has 2 atom stereocenters. The molecule has 0 amide bonds. The lowest BCUT2D eigenvalue weighted by molar-refractivity contribution is -0.325. The van der Waals surface area contributed by atoms with Gasteiger partial charge in [0.1, 0.15) is 0 Å². The summed E-state index contributed by atoms with van der Waals surface area (Å²) in [5, 5.41) is 9.13. The summed E-state index contributed by atoms with van der Waals surface area (Å²) in [6.07, 6.45) is -2.28. The minimum absolute atomic E-state index is 0.122. The Bertz CT molecular complexity index is 753. The summed E-state index contributed by atoms with van der Waals surface area (Å²) in [4.78, 5) is 7.63. The summed E-state index contributed by atoms with van der Waals surface area (Å²) in [5.41, 5.74) is 15.0. The highest BCUT2D eigenvalue weighted by molar-refractivity contribution is 5.92. The van der Waals surface area contributed by atoms with Gasteiger partial charge in [0.25, 0.3) is 0 Å². The molecule has 10 nitrogen and oxygen atoms in total. The molecule has 7 N–H and O–H groups in total. The van der Waals surface area contributed by atoms with Crippen molar-refractivity contribution in [2.24, 2.45) is 27.2 Å². The van der Waals surface area contributed by atoms with E-state index in [0.717, 1.165) is 0 Å². The zero-order valence-corrected chi connectivity index (χ0v) is 15.4. The molecule has 0 saturated carbocycles. The Labute approximate surface area is 159 Å².